The summed E-state index contributed by atoms with van der Waals surface area (Å²) in [6, 6.07) is 0. The summed E-state index contributed by atoms with van der Waals surface area (Å²) in [4.78, 5) is 0. The zero-order valence-corrected chi connectivity index (χ0v) is 10.7. The molecular weight excluding hydrogens is 168 g/mol. The molecule has 0 bridgehead atoms. The maximum absolute atomic E-state index is 2.35. The van der Waals surface area contributed by atoms with Crippen LogP contribution in [0, 0.1) is 11.8 Å². The Hall–Kier alpha value is 0. The van der Waals surface area contributed by atoms with Crippen molar-refractivity contribution >= 4 is 0 Å². The normalized spacial score (nSPS) is 13.5. The molecule has 0 saturated heterocycles. The van der Waals surface area contributed by atoms with Crippen molar-refractivity contribution in [1.82, 2.24) is 0 Å². The molecule has 0 aromatic rings. The van der Waals surface area contributed by atoms with Gasteiger partial charge < -0.3 is 0 Å². The van der Waals surface area contributed by atoms with E-state index < -0.39 is 0 Å². The van der Waals surface area contributed by atoms with Gasteiger partial charge in [-0.2, -0.15) is 0 Å². The highest BCUT2D eigenvalue weighted by molar-refractivity contribution is 4.86. The van der Waals surface area contributed by atoms with Crippen LogP contribution in [0.4, 0.5) is 0 Å². The summed E-state index contributed by atoms with van der Waals surface area (Å²) in [5.41, 5.74) is 0. The Morgan fingerprint density at radius 2 is 1.64 bits per heavy atom. The molecule has 0 fully saturated rings. The second-order valence-electron chi connectivity index (χ2n) is 4.68. The SMILES string of the molecule is CCCC[C](C)CC(CC)CCCC. The van der Waals surface area contributed by atoms with E-state index >= 15 is 0 Å². The highest BCUT2D eigenvalue weighted by Crippen LogP contribution is 2.25. The second kappa shape index (κ2) is 9.55. The first-order valence-corrected chi connectivity index (χ1v) is 6.55. The largest absolute Gasteiger partial charge is 0.0654 e. The van der Waals surface area contributed by atoms with Gasteiger partial charge in [0.15, 0.2) is 0 Å². The van der Waals surface area contributed by atoms with Crippen LogP contribution in [0.3, 0.4) is 0 Å². The van der Waals surface area contributed by atoms with Crippen LogP contribution in [0.25, 0.3) is 0 Å². The van der Waals surface area contributed by atoms with Gasteiger partial charge >= 0.3 is 0 Å². The molecule has 0 nitrogen and oxygen atoms in total. The minimum absolute atomic E-state index is 0.965. The summed E-state index contributed by atoms with van der Waals surface area (Å²) in [7, 11) is 0. The molecule has 0 aliphatic heterocycles. The molecular formula is C14H29. The number of rotatable bonds is 9. The monoisotopic (exact) mass is 197 g/mol. The molecule has 0 spiro atoms. The van der Waals surface area contributed by atoms with Crippen molar-refractivity contribution in [3.05, 3.63) is 5.92 Å². The Morgan fingerprint density at radius 3 is 2.14 bits per heavy atom. The Labute approximate surface area is 91.5 Å². The average Bonchev–Trinajstić information content (AvgIpc) is 2.21. The molecule has 0 aliphatic carbocycles. The zero-order valence-electron chi connectivity index (χ0n) is 10.7. The van der Waals surface area contributed by atoms with E-state index in [1.165, 1.54) is 51.4 Å². The Bertz CT molecular complexity index is 107. The van der Waals surface area contributed by atoms with Gasteiger partial charge in [0.2, 0.25) is 0 Å². The molecule has 0 aliphatic rings. The fraction of sp³-hybridized carbons (Fsp3) is 0.929. The quantitative estimate of drug-likeness (QED) is 0.465. The third-order valence-electron chi connectivity index (χ3n) is 3.14. The van der Waals surface area contributed by atoms with Crippen molar-refractivity contribution in [2.24, 2.45) is 5.92 Å². The fourth-order valence-corrected chi connectivity index (χ4v) is 2.02. The molecule has 1 radical (unpaired) electrons. The molecule has 0 heteroatoms. The molecule has 0 aromatic heterocycles. The molecule has 0 aromatic carbocycles. The van der Waals surface area contributed by atoms with Crippen LogP contribution in [-0.4, -0.2) is 0 Å². The van der Waals surface area contributed by atoms with Crippen molar-refractivity contribution in [1.29, 1.82) is 0 Å². The van der Waals surface area contributed by atoms with Crippen molar-refractivity contribution in [3.8, 4) is 0 Å². The minimum Gasteiger partial charge on any atom is -0.0654 e. The summed E-state index contributed by atoms with van der Waals surface area (Å²) in [6.45, 7) is 9.26. The lowest BCUT2D eigenvalue weighted by Gasteiger charge is -2.18. The predicted octanol–water partition coefficient (Wildman–Crippen LogP) is 5.38. The van der Waals surface area contributed by atoms with Gasteiger partial charge in [0.05, 0.1) is 0 Å². The Morgan fingerprint density at radius 1 is 1.00 bits per heavy atom. The molecule has 0 N–H and O–H groups in total. The van der Waals surface area contributed by atoms with Crippen LogP contribution in [0.1, 0.15) is 79.1 Å². The first kappa shape index (κ1) is 14.0. The summed E-state index contributed by atoms with van der Waals surface area (Å²) in [5.74, 6) is 2.70. The lowest BCUT2D eigenvalue weighted by molar-refractivity contribution is 0.419. The maximum atomic E-state index is 2.35. The summed E-state index contributed by atoms with van der Waals surface area (Å²) < 4.78 is 0. The number of hydrogen-bond acceptors (Lipinski definition) is 0. The molecule has 0 saturated carbocycles. The third-order valence-corrected chi connectivity index (χ3v) is 3.14. The smallest absolute Gasteiger partial charge is 0.0269 e. The highest BCUT2D eigenvalue weighted by atomic mass is 14.2. The highest BCUT2D eigenvalue weighted by Gasteiger charge is 2.10. The molecule has 14 heavy (non-hydrogen) atoms. The van der Waals surface area contributed by atoms with E-state index in [0.29, 0.717) is 0 Å². The van der Waals surface area contributed by atoms with Crippen molar-refractivity contribution in [2.45, 2.75) is 79.1 Å². The molecule has 1 unspecified atom stereocenters. The van der Waals surface area contributed by atoms with Gasteiger partial charge in [-0.05, 0) is 24.7 Å². The van der Waals surface area contributed by atoms with E-state index in [1.807, 2.05) is 0 Å². The van der Waals surface area contributed by atoms with Gasteiger partial charge in [0.25, 0.3) is 0 Å². The summed E-state index contributed by atoms with van der Waals surface area (Å²) in [6.07, 6.45) is 11.0. The van der Waals surface area contributed by atoms with Gasteiger partial charge in [-0.15, -0.1) is 0 Å². The van der Waals surface area contributed by atoms with Gasteiger partial charge in [0, 0.05) is 0 Å². The van der Waals surface area contributed by atoms with Crippen molar-refractivity contribution < 1.29 is 0 Å². The first-order valence-electron chi connectivity index (χ1n) is 6.55. The van der Waals surface area contributed by atoms with E-state index in [2.05, 4.69) is 27.7 Å². The van der Waals surface area contributed by atoms with E-state index in [0.717, 1.165) is 5.92 Å². The van der Waals surface area contributed by atoms with E-state index in [4.69, 9.17) is 0 Å². The Kier molecular flexibility index (Phi) is 9.55. The number of unbranched alkanes of at least 4 members (excludes halogenated alkanes) is 2. The Balaban J connectivity index is 3.57. The van der Waals surface area contributed by atoms with E-state index in [-0.39, 0.29) is 0 Å². The van der Waals surface area contributed by atoms with Crippen LogP contribution in [0.15, 0.2) is 0 Å². The lowest BCUT2D eigenvalue weighted by atomic mass is 9.87. The predicted molar refractivity (Wildman–Crippen MR) is 66.4 cm³/mol. The van der Waals surface area contributed by atoms with Crippen molar-refractivity contribution in [3.63, 3.8) is 0 Å². The van der Waals surface area contributed by atoms with E-state index in [9.17, 15) is 0 Å². The molecule has 85 valence electrons. The molecule has 0 heterocycles. The van der Waals surface area contributed by atoms with Crippen LogP contribution >= 0.6 is 0 Å². The summed E-state index contributed by atoms with van der Waals surface area (Å²) in [5, 5.41) is 0. The maximum Gasteiger partial charge on any atom is -0.0269 e. The average molecular weight is 197 g/mol. The van der Waals surface area contributed by atoms with Crippen molar-refractivity contribution in [2.75, 3.05) is 0 Å². The summed E-state index contributed by atoms with van der Waals surface area (Å²) >= 11 is 0. The van der Waals surface area contributed by atoms with Crippen LogP contribution in [0.2, 0.25) is 0 Å². The standard InChI is InChI=1S/C14H29/c1-5-8-10-13(4)12-14(7-3)11-9-6-2/h14H,5-12H2,1-4H3. The first-order chi connectivity index (χ1) is 6.74. The fourth-order valence-electron chi connectivity index (χ4n) is 2.02. The number of hydrogen-bond donors (Lipinski definition) is 0. The zero-order chi connectivity index (χ0) is 10.8. The lowest BCUT2D eigenvalue weighted by Crippen LogP contribution is -2.04. The van der Waals surface area contributed by atoms with Gasteiger partial charge in [-0.3, -0.25) is 0 Å². The van der Waals surface area contributed by atoms with Gasteiger partial charge in [-0.1, -0.05) is 66.2 Å². The van der Waals surface area contributed by atoms with E-state index in [1.54, 1.807) is 5.92 Å². The second-order valence-corrected chi connectivity index (χ2v) is 4.68. The molecule has 1 atom stereocenters. The molecule has 0 rings (SSSR count). The van der Waals surface area contributed by atoms with Gasteiger partial charge in [-0.25, -0.2) is 0 Å². The molecule has 0 amide bonds. The van der Waals surface area contributed by atoms with Crippen LogP contribution in [0.5, 0.6) is 0 Å². The third kappa shape index (κ3) is 7.41. The van der Waals surface area contributed by atoms with Gasteiger partial charge in [0.1, 0.15) is 0 Å². The van der Waals surface area contributed by atoms with Crippen LogP contribution < -0.4 is 0 Å². The topological polar surface area (TPSA) is 0 Å². The minimum atomic E-state index is 0.965. The van der Waals surface area contributed by atoms with Crippen LogP contribution in [-0.2, 0) is 0 Å².